The first-order chi connectivity index (χ1) is 16.6. The summed E-state index contributed by atoms with van der Waals surface area (Å²) >= 11 is 0. The molecule has 4 aromatic rings. The molecule has 0 saturated carbocycles. The molecule has 6 nitrogen and oxygen atoms in total. The number of rotatable bonds is 5. The van der Waals surface area contributed by atoms with Gasteiger partial charge in [0.25, 0.3) is 5.91 Å². The van der Waals surface area contributed by atoms with Crippen LogP contribution in [-0.4, -0.2) is 29.1 Å². The van der Waals surface area contributed by atoms with Crippen LogP contribution in [0.4, 0.5) is 11.4 Å². The Balaban J connectivity index is 1.35. The lowest BCUT2D eigenvalue weighted by Crippen LogP contribution is -2.29. The van der Waals surface area contributed by atoms with Crippen molar-refractivity contribution in [1.82, 2.24) is 10.1 Å². The van der Waals surface area contributed by atoms with E-state index in [2.05, 4.69) is 39.4 Å². The van der Waals surface area contributed by atoms with Crippen LogP contribution >= 0.6 is 0 Å². The van der Waals surface area contributed by atoms with Crippen molar-refractivity contribution in [2.45, 2.75) is 33.1 Å². The highest BCUT2D eigenvalue weighted by Gasteiger charge is 2.14. The van der Waals surface area contributed by atoms with Crippen molar-refractivity contribution >= 4 is 17.3 Å². The van der Waals surface area contributed by atoms with E-state index in [1.165, 1.54) is 24.9 Å². The quantitative estimate of drug-likeness (QED) is 0.387. The second-order valence-electron chi connectivity index (χ2n) is 8.80. The molecule has 0 unspecified atom stereocenters. The highest BCUT2D eigenvalue weighted by atomic mass is 16.5. The Morgan fingerprint density at radius 3 is 2.41 bits per heavy atom. The molecule has 1 aliphatic rings. The Kier molecular flexibility index (Phi) is 6.12. The molecule has 1 fully saturated rings. The monoisotopic (exact) mass is 452 g/mol. The van der Waals surface area contributed by atoms with Crippen LogP contribution in [0.5, 0.6) is 0 Å². The Bertz CT molecular complexity index is 1300. The molecule has 1 saturated heterocycles. The molecule has 5 rings (SSSR count). The molecule has 0 radical (unpaired) electrons. The fourth-order valence-corrected chi connectivity index (χ4v) is 4.43. The number of carbonyl (C=O) groups excluding carboxylic acids is 1. The minimum absolute atomic E-state index is 0.115. The number of hydrogen-bond acceptors (Lipinski definition) is 5. The van der Waals surface area contributed by atoms with Crippen molar-refractivity contribution in [2.24, 2.45) is 0 Å². The summed E-state index contributed by atoms with van der Waals surface area (Å²) < 4.78 is 5.08. The second-order valence-corrected chi connectivity index (χ2v) is 8.80. The van der Waals surface area contributed by atoms with Crippen molar-refractivity contribution < 1.29 is 9.32 Å². The van der Waals surface area contributed by atoms with Gasteiger partial charge >= 0.3 is 0 Å². The summed E-state index contributed by atoms with van der Waals surface area (Å²) in [6, 6.07) is 21.9. The van der Waals surface area contributed by atoms with E-state index in [9.17, 15) is 4.79 Å². The summed E-state index contributed by atoms with van der Waals surface area (Å²) in [7, 11) is 0. The van der Waals surface area contributed by atoms with Crippen molar-refractivity contribution in [3.8, 4) is 22.5 Å². The molecule has 2 heterocycles. The van der Waals surface area contributed by atoms with Crippen LogP contribution in [0, 0.1) is 13.8 Å². The zero-order chi connectivity index (χ0) is 23.5. The number of anilines is 2. The van der Waals surface area contributed by atoms with Gasteiger partial charge in [-0.1, -0.05) is 41.6 Å². The first-order valence-corrected chi connectivity index (χ1v) is 11.7. The van der Waals surface area contributed by atoms with Gasteiger partial charge in [-0.15, -0.1) is 0 Å². The smallest absolute Gasteiger partial charge is 0.255 e. The van der Waals surface area contributed by atoms with Crippen molar-refractivity contribution in [2.75, 3.05) is 23.3 Å². The van der Waals surface area contributed by atoms with E-state index >= 15 is 0 Å². The maximum absolute atomic E-state index is 13.1. The normalized spacial score (nSPS) is 13.6. The van der Waals surface area contributed by atoms with Crippen LogP contribution in [0.1, 0.15) is 41.1 Å². The third-order valence-electron chi connectivity index (χ3n) is 6.31. The lowest BCUT2D eigenvalue weighted by atomic mass is 9.97. The molecule has 0 spiro atoms. The molecule has 172 valence electrons. The van der Waals surface area contributed by atoms with Gasteiger partial charge < -0.3 is 14.7 Å². The van der Waals surface area contributed by atoms with Crippen molar-refractivity contribution in [1.29, 1.82) is 0 Å². The number of nitrogens with one attached hydrogen (secondary N) is 1. The van der Waals surface area contributed by atoms with Crippen LogP contribution in [0.25, 0.3) is 22.5 Å². The number of benzene rings is 3. The van der Waals surface area contributed by atoms with Gasteiger partial charge in [0.1, 0.15) is 0 Å². The minimum Gasteiger partial charge on any atom is -0.371 e. The summed E-state index contributed by atoms with van der Waals surface area (Å²) in [5.74, 6) is 0.992. The maximum Gasteiger partial charge on any atom is 0.255 e. The van der Waals surface area contributed by atoms with Gasteiger partial charge in [0, 0.05) is 42.5 Å². The topological polar surface area (TPSA) is 71.3 Å². The molecule has 0 atom stereocenters. The summed E-state index contributed by atoms with van der Waals surface area (Å²) in [6.07, 6.45) is 3.74. The van der Waals surface area contributed by atoms with E-state index in [0.29, 0.717) is 17.3 Å². The zero-order valence-corrected chi connectivity index (χ0v) is 19.5. The molecule has 6 heteroatoms. The highest BCUT2D eigenvalue weighted by Crippen LogP contribution is 2.28. The summed E-state index contributed by atoms with van der Waals surface area (Å²) in [5, 5.41) is 7.05. The molecular weight excluding hydrogens is 424 g/mol. The van der Waals surface area contributed by atoms with Crippen molar-refractivity contribution in [3.63, 3.8) is 0 Å². The van der Waals surface area contributed by atoms with E-state index in [4.69, 9.17) is 4.52 Å². The summed E-state index contributed by atoms with van der Waals surface area (Å²) in [4.78, 5) is 19.8. The average Bonchev–Trinajstić information content (AvgIpc) is 3.31. The number of carbonyl (C=O) groups is 1. The Labute approximate surface area is 199 Å². The van der Waals surface area contributed by atoms with Crippen molar-refractivity contribution in [3.05, 3.63) is 83.7 Å². The Hall–Kier alpha value is -3.93. The van der Waals surface area contributed by atoms with E-state index in [1.54, 1.807) is 6.92 Å². The summed E-state index contributed by atoms with van der Waals surface area (Å²) in [5.41, 5.74) is 6.65. The van der Waals surface area contributed by atoms with Crippen LogP contribution in [0.3, 0.4) is 0 Å². The van der Waals surface area contributed by atoms with Gasteiger partial charge in [-0.25, -0.2) is 0 Å². The molecule has 0 aliphatic carbocycles. The zero-order valence-electron chi connectivity index (χ0n) is 19.5. The SMILES string of the molecule is Cc1nc(-c2ccc(-c3cc(C(=O)Nc4cccc(N5CCCCC5)c4)ccc3C)cc2)no1. The number of aryl methyl sites for hydroxylation is 2. The Morgan fingerprint density at radius 2 is 1.68 bits per heavy atom. The first kappa shape index (κ1) is 21.9. The third-order valence-corrected chi connectivity index (χ3v) is 6.31. The fourth-order valence-electron chi connectivity index (χ4n) is 4.43. The highest BCUT2D eigenvalue weighted by molar-refractivity contribution is 6.05. The van der Waals surface area contributed by atoms with Crippen LogP contribution < -0.4 is 10.2 Å². The van der Waals surface area contributed by atoms with Gasteiger partial charge in [0.15, 0.2) is 0 Å². The molecule has 1 amide bonds. The predicted molar refractivity (Wildman–Crippen MR) is 135 cm³/mol. The Morgan fingerprint density at radius 1 is 0.912 bits per heavy atom. The van der Waals surface area contributed by atoms with Crippen LogP contribution in [0.2, 0.25) is 0 Å². The van der Waals surface area contributed by atoms with Gasteiger partial charge in [-0.2, -0.15) is 4.98 Å². The molecule has 1 aromatic heterocycles. The van der Waals surface area contributed by atoms with E-state index in [1.807, 2.05) is 54.6 Å². The fraction of sp³-hybridized carbons (Fsp3) is 0.250. The lowest BCUT2D eigenvalue weighted by molar-refractivity contribution is 0.102. The standard InChI is InChI=1S/C28H28N4O2/c1-19-9-10-23(17-26(19)21-11-13-22(14-12-21)27-29-20(2)34-31-27)28(33)30-24-7-6-8-25(18-24)32-15-4-3-5-16-32/h6-14,17-18H,3-5,15-16H2,1-2H3,(H,30,33). The number of aromatic nitrogens is 2. The molecule has 0 bridgehead atoms. The van der Waals surface area contributed by atoms with E-state index in [-0.39, 0.29) is 5.91 Å². The van der Waals surface area contributed by atoms with E-state index in [0.717, 1.165) is 41.0 Å². The van der Waals surface area contributed by atoms with Gasteiger partial charge in [0.2, 0.25) is 11.7 Å². The van der Waals surface area contributed by atoms with Gasteiger partial charge in [0.05, 0.1) is 0 Å². The largest absolute Gasteiger partial charge is 0.371 e. The van der Waals surface area contributed by atoms with E-state index < -0.39 is 0 Å². The molecule has 1 aliphatic heterocycles. The average molecular weight is 453 g/mol. The van der Waals surface area contributed by atoms with Gasteiger partial charge in [-0.3, -0.25) is 4.79 Å². The third kappa shape index (κ3) is 4.71. The molecular formula is C28H28N4O2. The number of amides is 1. The number of hydrogen-bond donors (Lipinski definition) is 1. The van der Waals surface area contributed by atoms with Crippen LogP contribution in [-0.2, 0) is 0 Å². The van der Waals surface area contributed by atoms with Crippen LogP contribution in [0.15, 0.2) is 71.3 Å². The predicted octanol–water partition coefficient (Wildman–Crippen LogP) is 6.26. The molecule has 3 aromatic carbocycles. The van der Waals surface area contributed by atoms with Gasteiger partial charge in [-0.05, 0) is 73.2 Å². The molecule has 34 heavy (non-hydrogen) atoms. The second kappa shape index (κ2) is 9.51. The number of piperidine rings is 1. The first-order valence-electron chi connectivity index (χ1n) is 11.7. The summed E-state index contributed by atoms with van der Waals surface area (Å²) in [6.45, 7) is 5.97. The minimum atomic E-state index is -0.115. The number of nitrogens with zero attached hydrogens (tertiary/aromatic N) is 3. The molecule has 1 N–H and O–H groups in total. The maximum atomic E-state index is 13.1. The lowest BCUT2D eigenvalue weighted by Gasteiger charge is -2.29.